The van der Waals surface area contributed by atoms with E-state index in [1.165, 1.54) is 19.2 Å². The van der Waals surface area contributed by atoms with Gasteiger partial charge in [0, 0.05) is 24.7 Å². The van der Waals surface area contributed by atoms with Crippen molar-refractivity contribution >= 4 is 38.9 Å². The summed E-state index contributed by atoms with van der Waals surface area (Å²) in [6, 6.07) is 7.57. The van der Waals surface area contributed by atoms with Crippen LogP contribution in [0, 0.1) is 11.6 Å². The molecule has 0 unspecified atom stereocenters. The molecule has 0 spiro atoms. The number of ether oxygens (including phenoxy) is 1. The number of nitrogens with one attached hydrogen (secondary N) is 1. The second-order valence-electron chi connectivity index (χ2n) is 5.93. The topological polar surface area (TPSA) is 75.7 Å². The molecule has 0 atom stereocenters. The number of carbonyl (C=O) groups excluding carboxylic acids is 1. The molecule has 2 rings (SSSR count). The Labute approximate surface area is 167 Å². The number of amides is 1. The Kier molecular flexibility index (Phi) is 7.20. The van der Waals surface area contributed by atoms with E-state index in [9.17, 15) is 22.0 Å². The molecule has 6 nitrogen and oxygen atoms in total. The minimum Gasteiger partial charge on any atom is -0.495 e. The zero-order valence-electron chi connectivity index (χ0n) is 15.2. The van der Waals surface area contributed by atoms with E-state index in [2.05, 4.69) is 5.32 Å². The van der Waals surface area contributed by atoms with Gasteiger partial charge in [0.2, 0.25) is 15.9 Å². The Morgan fingerprint density at radius 3 is 2.46 bits per heavy atom. The highest BCUT2D eigenvalue weighted by atomic mass is 35.5. The summed E-state index contributed by atoms with van der Waals surface area (Å²) in [4.78, 5) is 12.0. The van der Waals surface area contributed by atoms with Gasteiger partial charge < -0.3 is 10.1 Å². The lowest BCUT2D eigenvalue weighted by atomic mass is 10.2. The van der Waals surface area contributed by atoms with Crippen molar-refractivity contribution in [2.24, 2.45) is 0 Å². The normalized spacial score (nSPS) is 11.2. The minimum absolute atomic E-state index is 0.0189. The van der Waals surface area contributed by atoms with Crippen LogP contribution in [0.25, 0.3) is 0 Å². The number of sulfonamides is 1. The van der Waals surface area contributed by atoms with Gasteiger partial charge in [0.15, 0.2) is 11.6 Å². The third kappa shape index (κ3) is 5.80. The lowest BCUT2D eigenvalue weighted by molar-refractivity contribution is -0.116. The summed E-state index contributed by atoms with van der Waals surface area (Å²) in [5.74, 6) is -2.13. The van der Waals surface area contributed by atoms with E-state index in [-0.39, 0.29) is 30.1 Å². The van der Waals surface area contributed by atoms with Crippen LogP contribution < -0.4 is 14.4 Å². The largest absolute Gasteiger partial charge is 0.495 e. The summed E-state index contributed by atoms with van der Waals surface area (Å²) in [5, 5.41) is 2.69. The first-order valence-electron chi connectivity index (χ1n) is 8.18. The highest BCUT2D eigenvalue weighted by molar-refractivity contribution is 7.92. The van der Waals surface area contributed by atoms with Crippen LogP contribution in [0.2, 0.25) is 5.02 Å². The third-order valence-electron chi connectivity index (χ3n) is 3.79. The lowest BCUT2D eigenvalue weighted by Gasteiger charge is -2.23. The number of hydrogen-bond donors (Lipinski definition) is 1. The van der Waals surface area contributed by atoms with Gasteiger partial charge in [-0.05, 0) is 36.8 Å². The number of benzene rings is 2. The van der Waals surface area contributed by atoms with E-state index >= 15 is 0 Å². The van der Waals surface area contributed by atoms with Crippen molar-refractivity contribution in [2.75, 3.05) is 29.5 Å². The highest BCUT2D eigenvalue weighted by Gasteiger charge is 2.19. The highest BCUT2D eigenvalue weighted by Crippen LogP contribution is 2.30. The van der Waals surface area contributed by atoms with Gasteiger partial charge in [-0.2, -0.15) is 0 Å². The van der Waals surface area contributed by atoms with Crippen LogP contribution in [0.3, 0.4) is 0 Å². The van der Waals surface area contributed by atoms with Gasteiger partial charge in [0.1, 0.15) is 5.75 Å². The molecule has 0 aromatic heterocycles. The minimum atomic E-state index is -3.61. The van der Waals surface area contributed by atoms with E-state index in [0.717, 1.165) is 22.7 Å². The van der Waals surface area contributed by atoms with Crippen LogP contribution in [-0.4, -0.2) is 34.2 Å². The molecule has 0 heterocycles. The quantitative estimate of drug-likeness (QED) is 0.688. The van der Waals surface area contributed by atoms with E-state index in [0.29, 0.717) is 11.4 Å². The van der Waals surface area contributed by atoms with Gasteiger partial charge in [-0.1, -0.05) is 11.6 Å². The molecule has 10 heteroatoms. The molecule has 0 aliphatic rings. The first-order chi connectivity index (χ1) is 13.1. The van der Waals surface area contributed by atoms with Crippen LogP contribution in [0.4, 0.5) is 20.2 Å². The van der Waals surface area contributed by atoms with Crippen molar-refractivity contribution in [1.29, 1.82) is 0 Å². The maximum atomic E-state index is 13.2. The lowest BCUT2D eigenvalue weighted by Crippen LogP contribution is -2.31. The van der Waals surface area contributed by atoms with E-state index in [1.54, 1.807) is 12.1 Å². The summed E-state index contributed by atoms with van der Waals surface area (Å²) in [6.45, 7) is 0.0344. The summed E-state index contributed by atoms with van der Waals surface area (Å²) < 4.78 is 56.5. The predicted octanol–water partition coefficient (Wildman–Crippen LogP) is 3.81. The summed E-state index contributed by atoms with van der Waals surface area (Å²) >= 11 is 6.05. The molecular formula is C18H19ClF2N2O4S. The Balaban J connectivity index is 2.01. The van der Waals surface area contributed by atoms with Crippen molar-refractivity contribution in [3.63, 3.8) is 0 Å². The van der Waals surface area contributed by atoms with Crippen molar-refractivity contribution < 1.29 is 26.7 Å². The molecule has 0 aliphatic heterocycles. The zero-order valence-corrected chi connectivity index (χ0v) is 16.8. The zero-order chi connectivity index (χ0) is 20.9. The van der Waals surface area contributed by atoms with Crippen molar-refractivity contribution in [3.05, 3.63) is 53.1 Å². The molecule has 2 aromatic carbocycles. The molecular weight excluding hydrogens is 414 g/mol. The average molecular weight is 433 g/mol. The fourth-order valence-electron chi connectivity index (χ4n) is 2.48. The number of carbonyl (C=O) groups is 1. The molecule has 0 radical (unpaired) electrons. The Hall–Kier alpha value is -2.39. The van der Waals surface area contributed by atoms with Gasteiger partial charge in [-0.25, -0.2) is 17.2 Å². The van der Waals surface area contributed by atoms with Gasteiger partial charge in [-0.3, -0.25) is 9.10 Å². The molecule has 0 bridgehead atoms. The summed E-state index contributed by atoms with van der Waals surface area (Å²) in [6.07, 6.45) is 1.23. The number of rotatable bonds is 8. The smallest absolute Gasteiger partial charge is 0.232 e. The van der Waals surface area contributed by atoms with Crippen LogP contribution in [0.5, 0.6) is 5.75 Å². The monoisotopic (exact) mass is 432 g/mol. The fourth-order valence-corrected chi connectivity index (χ4v) is 3.69. The van der Waals surface area contributed by atoms with E-state index < -0.39 is 27.6 Å². The second-order valence-corrected chi connectivity index (χ2v) is 8.25. The molecule has 0 aliphatic carbocycles. The molecule has 0 saturated carbocycles. The third-order valence-corrected chi connectivity index (χ3v) is 5.28. The van der Waals surface area contributed by atoms with Crippen LogP contribution in [0.15, 0.2) is 36.4 Å². The second kappa shape index (κ2) is 9.20. The number of anilines is 2. The molecule has 1 amide bonds. The van der Waals surface area contributed by atoms with Gasteiger partial charge in [-0.15, -0.1) is 0 Å². The van der Waals surface area contributed by atoms with Crippen molar-refractivity contribution in [1.82, 2.24) is 0 Å². The Morgan fingerprint density at radius 2 is 1.89 bits per heavy atom. The van der Waals surface area contributed by atoms with E-state index in [1.807, 2.05) is 0 Å². The van der Waals surface area contributed by atoms with E-state index in [4.69, 9.17) is 16.3 Å². The number of halogens is 3. The maximum Gasteiger partial charge on any atom is 0.232 e. The first-order valence-corrected chi connectivity index (χ1v) is 10.4. The molecule has 1 N–H and O–H groups in total. The maximum absolute atomic E-state index is 13.2. The Morgan fingerprint density at radius 1 is 1.18 bits per heavy atom. The Bertz CT molecular complexity index is 970. The molecule has 0 fully saturated rings. The number of nitrogens with zero attached hydrogens (tertiary/aromatic N) is 1. The van der Waals surface area contributed by atoms with Gasteiger partial charge >= 0.3 is 0 Å². The van der Waals surface area contributed by atoms with Gasteiger partial charge in [0.25, 0.3) is 0 Å². The number of hydrogen-bond acceptors (Lipinski definition) is 4. The summed E-state index contributed by atoms with van der Waals surface area (Å²) in [7, 11) is -2.17. The predicted molar refractivity (Wildman–Crippen MR) is 104 cm³/mol. The molecule has 28 heavy (non-hydrogen) atoms. The van der Waals surface area contributed by atoms with Crippen molar-refractivity contribution in [3.8, 4) is 5.75 Å². The molecule has 152 valence electrons. The van der Waals surface area contributed by atoms with Gasteiger partial charge in [0.05, 0.1) is 24.1 Å². The summed E-state index contributed by atoms with van der Waals surface area (Å²) in [5.41, 5.74) is 0.458. The average Bonchev–Trinajstić information content (AvgIpc) is 2.61. The number of methoxy groups -OCH3 is 1. The molecule has 2 aromatic rings. The van der Waals surface area contributed by atoms with Crippen LogP contribution >= 0.6 is 11.6 Å². The van der Waals surface area contributed by atoms with Crippen molar-refractivity contribution in [2.45, 2.75) is 12.8 Å². The van der Waals surface area contributed by atoms with Crippen LogP contribution in [-0.2, 0) is 14.8 Å². The van der Waals surface area contributed by atoms with Crippen LogP contribution in [0.1, 0.15) is 12.8 Å². The molecule has 0 saturated heterocycles. The standard InChI is InChI=1S/C18H19ClF2N2O4S/c1-27-17-8-6-13(11-14(17)19)23(28(2,25)26)9-3-4-18(24)22-12-5-7-15(20)16(21)10-12/h5-8,10-11H,3-4,9H2,1-2H3,(H,22,24). The SMILES string of the molecule is COc1ccc(N(CCCC(=O)Nc2ccc(F)c(F)c2)S(C)(=O)=O)cc1Cl. The fraction of sp³-hybridized carbons (Fsp3) is 0.278. The first kappa shape index (κ1) is 21.9.